The first kappa shape index (κ1) is 15.3. The van der Waals surface area contributed by atoms with E-state index in [1.165, 1.54) is 9.13 Å². The van der Waals surface area contributed by atoms with Crippen LogP contribution in [0.5, 0.6) is 0 Å². The highest BCUT2D eigenvalue weighted by Gasteiger charge is 2.38. The minimum absolute atomic E-state index is 0.0726. The second-order valence-electron chi connectivity index (χ2n) is 5.98. The number of carboxylic acids is 1. The lowest BCUT2D eigenvalue weighted by Crippen LogP contribution is -2.41. The minimum Gasteiger partial charge on any atom is -0.481 e. The second kappa shape index (κ2) is 5.57. The number of aliphatic carboxylic acids is 1. The lowest BCUT2D eigenvalue weighted by molar-refractivity contribution is -0.143. The lowest BCUT2D eigenvalue weighted by atomic mass is 10.0. The fourth-order valence-electron chi connectivity index (χ4n) is 3.36. The molecule has 1 saturated heterocycles. The van der Waals surface area contributed by atoms with Gasteiger partial charge in [-0.2, -0.15) is 0 Å². The molecule has 1 aliphatic rings. The first-order valence-electron chi connectivity index (χ1n) is 7.58. The molecule has 0 aliphatic carbocycles. The molecule has 0 spiro atoms. The van der Waals surface area contributed by atoms with Crippen molar-refractivity contribution in [1.29, 1.82) is 0 Å². The van der Waals surface area contributed by atoms with Crippen molar-refractivity contribution < 1.29 is 14.7 Å². The predicted molar refractivity (Wildman–Crippen MR) is 84.1 cm³/mol. The monoisotopic (exact) mass is 317 g/mol. The van der Waals surface area contributed by atoms with Gasteiger partial charge in [-0.15, -0.1) is 0 Å². The lowest BCUT2D eigenvalue weighted by Gasteiger charge is -2.23. The van der Waals surface area contributed by atoms with E-state index in [0.717, 1.165) is 5.52 Å². The number of carbonyl (C=O) groups is 2. The average molecular weight is 317 g/mol. The maximum absolute atomic E-state index is 12.6. The molecule has 2 unspecified atom stereocenters. The van der Waals surface area contributed by atoms with Crippen molar-refractivity contribution in [3.63, 3.8) is 0 Å². The molecule has 0 radical (unpaired) electrons. The van der Waals surface area contributed by atoms with E-state index in [2.05, 4.69) is 0 Å². The van der Waals surface area contributed by atoms with Crippen molar-refractivity contribution in [2.75, 3.05) is 6.54 Å². The SMILES string of the molecule is CC1C(C(=O)O)CCN1C(=O)Cn1c(=O)n(C)c2ccccc21. The molecule has 23 heavy (non-hydrogen) atoms. The molecule has 122 valence electrons. The van der Waals surface area contributed by atoms with Gasteiger partial charge in [0.15, 0.2) is 0 Å². The van der Waals surface area contributed by atoms with Gasteiger partial charge in [-0.25, -0.2) is 4.79 Å². The number of aromatic nitrogens is 2. The summed E-state index contributed by atoms with van der Waals surface area (Å²) in [6.45, 7) is 2.09. The zero-order chi connectivity index (χ0) is 16.7. The van der Waals surface area contributed by atoms with Crippen molar-refractivity contribution in [2.24, 2.45) is 13.0 Å². The number of likely N-dealkylation sites (tertiary alicyclic amines) is 1. The normalized spacial score (nSPS) is 21.0. The number of para-hydroxylation sites is 2. The number of hydrogen-bond donors (Lipinski definition) is 1. The first-order chi connectivity index (χ1) is 10.9. The molecule has 0 saturated carbocycles. The fraction of sp³-hybridized carbons (Fsp3) is 0.438. The zero-order valence-corrected chi connectivity index (χ0v) is 13.1. The van der Waals surface area contributed by atoms with Crippen molar-refractivity contribution >= 4 is 22.9 Å². The Hall–Kier alpha value is -2.57. The van der Waals surface area contributed by atoms with E-state index in [4.69, 9.17) is 5.11 Å². The van der Waals surface area contributed by atoms with Gasteiger partial charge in [-0.1, -0.05) is 12.1 Å². The number of imidazole rings is 1. The van der Waals surface area contributed by atoms with Crippen molar-refractivity contribution in [2.45, 2.75) is 25.9 Å². The molecule has 2 heterocycles. The van der Waals surface area contributed by atoms with E-state index in [-0.39, 0.29) is 24.2 Å². The van der Waals surface area contributed by atoms with Gasteiger partial charge in [0.25, 0.3) is 0 Å². The van der Waals surface area contributed by atoms with Crippen LogP contribution < -0.4 is 5.69 Å². The summed E-state index contributed by atoms with van der Waals surface area (Å²) in [6, 6.07) is 6.94. The van der Waals surface area contributed by atoms with Crippen molar-refractivity contribution in [3.05, 3.63) is 34.7 Å². The summed E-state index contributed by atoms with van der Waals surface area (Å²) in [7, 11) is 1.67. The molecule has 1 aromatic carbocycles. The standard InChI is InChI=1S/C16H19N3O4/c1-10-11(15(21)22)7-8-18(10)14(20)9-19-13-6-4-3-5-12(13)17(2)16(19)23/h3-6,10-11H,7-9H2,1-2H3,(H,21,22). The number of aryl methyl sites for hydroxylation is 1. The van der Waals surface area contributed by atoms with Gasteiger partial charge in [-0.3, -0.25) is 18.7 Å². The third-order valence-electron chi connectivity index (χ3n) is 4.74. The zero-order valence-electron chi connectivity index (χ0n) is 13.1. The third-order valence-corrected chi connectivity index (χ3v) is 4.74. The Balaban J connectivity index is 1.89. The highest BCUT2D eigenvalue weighted by molar-refractivity contribution is 5.82. The number of rotatable bonds is 3. The number of carboxylic acid groups (broad SMARTS) is 1. The number of nitrogens with zero attached hydrogens (tertiary/aromatic N) is 3. The maximum Gasteiger partial charge on any atom is 0.329 e. The van der Waals surface area contributed by atoms with Crippen molar-refractivity contribution in [1.82, 2.24) is 14.0 Å². The summed E-state index contributed by atoms with van der Waals surface area (Å²) in [4.78, 5) is 37.7. The van der Waals surface area contributed by atoms with E-state index >= 15 is 0 Å². The van der Waals surface area contributed by atoms with Gasteiger partial charge in [-0.05, 0) is 25.5 Å². The van der Waals surface area contributed by atoms with Crippen molar-refractivity contribution in [3.8, 4) is 0 Å². The topological polar surface area (TPSA) is 84.5 Å². The van der Waals surface area contributed by atoms with E-state index < -0.39 is 11.9 Å². The Morgan fingerprint density at radius 1 is 1.26 bits per heavy atom. The highest BCUT2D eigenvalue weighted by atomic mass is 16.4. The minimum atomic E-state index is -0.880. The van der Waals surface area contributed by atoms with E-state index in [1.807, 2.05) is 18.2 Å². The van der Waals surface area contributed by atoms with Gasteiger partial charge < -0.3 is 10.0 Å². The molecule has 2 atom stereocenters. The Kier molecular flexibility index (Phi) is 3.71. The molecule has 7 nitrogen and oxygen atoms in total. The third kappa shape index (κ3) is 2.42. The Morgan fingerprint density at radius 2 is 1.91 bits per heavy atom. The molecule has 1 fully saturated rings. The Morgan fingerprint density at radius 3 is 2.52 bits per heavy atom. The van der Waals surface area contributed by atoms with Crippen LogP contribution in [0.2, 0.25) is 0 Å². The fourth-order valence-corrected chi connectivity index (χ4v) is 3.36. The summed E-state index contributed by atoms with van der Waals surface area (Å²) < 4.78 is 2.95. The second-order valence-corrected chi connectivity index (χ2v) is 5.98. The molecule has 2 aromatic rings. The largest absolute Gasteiger partial charge is 0.481 e. The summed E-state index contributed by atoms with van der Waals surface area (Å²) in [5.74, 6) is -1.64. The number of amides is 1. The molecule has 0 bridgehead atoms. The van der Waals surface area contributed by atoms with Gasteiger partial charge in [0.05, 0.1) is 17.0 Å². The Labute approximate surface area is 132 Å². The maximum atomic E-state index is 12.6. The number of carbonyl (C=O) groups excluding carboxylic acids is 1. The van der Waals surface area contributed by atoms with Crippen LogP contribution in [0.4, 0.5) is 0 Å². The Bertz CT molecular complexity index is 835. The van der Waals surface area contributed by atoms with Crippen LogP contribution in [0.3, 0.4) is 0 Å². The van der Waals surface area contributed by atoms with Gasteiger partial charge in [0.1, 0.15) is 6.54 Å². The van der Waals surface area contributed by atoms with E-state index in [1.54, 1.807) is 24.9 Å². The van der Waals surface area contributed by atoms with Crippen LogP contribution in [-0.4, -0.2) is 43.6 Å². The number of hydrogen-bond acceptors (Lipinski definition) is 3. The summed E-state index contributed by atoms with van der Waals surface area (Å²) in [5, 5.41) is 9.17. The van der Waals surface area contributed by atoms with Crippen LogP contribution in [0.1, 0.15) is 13.3 Å². The molecular formula is C16H19N3O4. The van der Waals surface area contributed by atoms with Crippen LogP contribution >= 0.6 is 0 Å². The van der Waals surface area contributed by atoms with Crippen LogP contribution in [-0.2, 0) is 23.2 Å². The quantitative estimate of drug-likeness (QED) is 0.901. The molecule has 1 N–H and O–H groups in total. The van der Waals surface area contributed by atoms with E-state index in [9.17, 15) is 14.4 Å². The van der Waals surface area contributed by atoms with Crippen LogP contribution in [0.25, 0.3) is 11.0 Å². The molecule has 3 rings (SSSR count). The summed E-state index contributed by atoms with van der Waals surface area (Å²) in [6.07, 6.45) is 0.451. The van der Waals surface area contributed by atoms with Gasteiger partial charge in [0, 0.05) is 19.6 Å². The molecule has 1 amide bonds. The highest BCUT2D eigenvalue weighted by Crippen LogP contribution is 2.24. The van der Waals surface area contributed by atoms with Gasteiger partial charge in [0.2, 0.25) is 5.91 Å². The molecule has 1 aliphatic heterocycles. The van der Waals surface area contributed by atoms with Crippen LogP contribution in [0.15, 0.2) is 29.1 Å². The smallest absolute Gasteiger partial charge is 0.329 e. The summed E-state index contributed by atoms with van der Waals surface area (Å²) >= 11 is 0. The van der Waals surface area contributed by atoms with Crippen LogP contribution in [0, 0.1) is 5.92 Å². The van der Waals surface area contributed by atoms with Gasteiger partial charge >= 0.3 is 11.7 Å². The molecular weight excluding hydrogens is 298 g/mol. The number of fused-ring (bicyclic) bond motifs is 1. The summed E-state index contributed by atoms with van der Waals surface area (Å²) in [5.41, 5.74) is 1.22. The molecule has 1 aromatic heterocycles. The number of benzene rings is 1. The predicted octanol–water partition coefficient (Wildman–Crippen LogP) is 0.662. The average Bonchev–Trinajstić information content (AvgIpc) is 3.02. The van der Waals surface area contributed by atoms with E-state index in [0.29, 0.717) is 18.5 Å². The first-order valence-corrected chi connectivity index (χ1v) is 7.58. The molecule has 7 heteroatoms.